The minimum absolute atomic E-state index is 0.315. The number of carbonyl (C=O) groups excluding carboxylic acids is 1. The Hall–Kier alpha value is -2.28. The van der Waals surface area contributed by atoms with Gasteiger partial charge in [-0.3, -0.25) is 4.79 Å². The zero-order valence-corrected chi connectivity index (χ0v) is 11.2. The standard InChI is InChI=1S/C15H15FN2O3/c16-13-8-6-12(7-9-13)15(19)18-14(20-21-17)10-11-4-2-1-3-5-11/h1-9,14H,10,17H2,(H,18,19)/t14-/m0/s1. The maximum atomic E-state index is 12.8. The Morgan fingerprint density at radius 2 is 1.81 bits per heavy atom. The van der Waals surface area contributed by atoms with Gasteiger partial charge in [0.15, 0.2) is 6.23 Å². The first kappa shape index (κ1) is 15.1. The first-order valence-electron chi connectivity index (χ1n) is 6.31. The van der Waals surface area contributed by atoms with Gasteiger partial charge >= 0.3 is 0 Å². The summed E-state index contributed by atoms with van der Waals surface area (Å²) >= 11 is 0. The molecule has 0 aliphatic carbocycles. The normalized spacial score (nSPS) is 11.9. The molecular weight excluding hydrogens is 275 g/mol. The molecule has 3 N–H and O–H groups in total. The summed E-state index contributed by atoms with van der Waals surface area (Å²) in [5.74, 6) is 4.08. The Morgan fingerprint density at radius 1 is 1.14 bits per heavy atom. The molecule has 0 aromatic heterocycles. The van der Waals surface area contributed by atoms with Crippen LogP contribution in [-0.2, 0) is 16.3 Å². The number of carbonyl (C=O) groups is 1. The second kappa shape index (κ2) is 7.49. The van der Waals surface area contributed by atoms with Crippen LogP contribution in [0.3, 0.4) is 0 Å². The largest absolute Gasteiger partial charge is 0.324 e. The fourth-order valence-electron chi connectivity index (χ4n) is 1.84. The lowest BCUT2D eigenvalue weighted by molar-refractivity contribution is -0.332. The molecule has 0 heterocycles. The second-order valence-corrected chi connectivity index (χ2v) is 4.35. The summed E-state index contributed by atoms with van der Waals surface area (Å²) in [5.41, 5.74) is 1.26. The summed E-state index contributed by atoms with van der Waals surface area (Å²) in [6.45, 7) is 0. The van der Waals surface area contributed by atoms with Crippen molar-refractivity contribution in [1.82, 2.24) is 5.32 Å². The van der Waals surface area contributed by atoms with Gasteiger partial charge in [0, 0.05) is 12.0 Å². The zero-order chi connectivity index (χ0) is 15.1. The quantitative estimate of drug-likeness (QED) is 0.484. The van der Waals surface area contributed by atoms with Crippen LogP contribution in [0.25, 0.3) is 0 Å². The maximum absolute atomic E-state index is 12.8. The van der Waals surface area contributed by atoms with Gasteiger partial charge in [-0.15, -0.1) is 4.99 Å². The van der Waals surface area contributed by atoms with Crippen LogP contribution in [0.5, 0.6) is 0 Å². The lowest BCUT2D eigenvalue weighted by atomic mass is 10.1. The predicted molar refractivity (Wildman–Crippen MR) is 74.2 cm³/mol. The molecule has 0 radical (unpaired) electrons. The monoisotopic (exact) mass is 290 g/mol. The molecule has 5 nitrogen and oxygen atoms in total. The van der Waals surface area contributed by atoms with E-state index >= 15 is 0 Å². The van der Waals surface area contributed by atoms with E-state index in [2.05, 4.69) is 10.3 Å². The molecule has 0 saturated heterocycles. The van der Waals surface area contributed by atoms with Crippen molar-refractivity contribution < 1.29 is 19.1 Å². The van der Waals surface area contributed by atoms with Crippen molar-refractivity contribution in [3.05, 3.63) is 71.5 Å². The van der Waals surface area contributed by atoms with E-state index in [9.17, 15) is 9.18 Å². The minimum atomic E-state index is -0.755. The van der Waals surface area contributed by atoms with Crippen molar-refractivity contribution in [2.75, 3.05) is 0 Å². The highest BCUT2D eigenvalue weighted by Gasteiger charge is 2.16. The van der Waals surface area contributed by atoms with Crippen molar-refractivity contribution in [2.24, 2.45) is 5.90 Å². The second-order valence-electron chi connectivity index (χ2n) is 4.35. The average Bonchev–Trinajstić information content (AvgIpc) is 2.49. The topological polar surface area (TPSA) is 73.6 Å². The van der Waals surface area contributed by atoms with Crippen molar-refractivity contribution in [1.29, 1.82) is 0 Å². The van der Waals surface area contributed by atoms with E-state index in [0.29, 0.717) is 12.0 Å². The first-order valence-corrected chi connectivity index (χ1v) is 6.31. The molecule has 0 spiro atoms. The lowest BCUT2D eigenvalue weighted by Gasteiger charge is -2.16. The number of hydrogen-bond acceptors (Lipinski definition) is 4. The molecule has 0 saturated carbocycles. The van der Waals surface area contributed by atoms with Crippen LogP contribution in [0.2, 0.25) is 0 Å². The van der Waals surface area contributed by atoms with Crippen LogP contribution < -0.4 is 11.2 Å². The third kappa shape index (κ3) is 4.64. The Labute approximate surface area is 121 Å². The van der Waals surface area contributed by atoms with Crippen molar-refractivity contribution >= 4 is 5.91 Å². The van der Waals surface area contributed by atoms with Crippen LogP contribution in [0, 0.1) is 5.82 Å². The van der Waals surface area contributed by atoms with Gasteiger partial charge in [0.25, 0.3) is 5.91 Å². The molecule has 1 atom stereocenters. The van der Waals surface area contributed by atoms with Gasteiger partial charge in [0.05, 0.1) is 0 Å². The van der Waals surface area contributed by atoms with Gasteiger partial charge in [-0.25, -0.2) is 4.39 Å². The number of amides is 1. The summed E-state index contributed by atoms with van der Waals surface area (Å²) in [7, 11) is 0. The molecule has 21 heavy (non-hydrogen) atoms. The van der Waals surface area contributed by atoms with Crippen molar-refractivity contribution in [3.8, 4) is 0 Å². The molecule has 110 valence electrons. The van der Waals surface area contributed by atoms with Crippen LogP contribution >= 0.6 is 0 Å². The molecule has 2 aromatic carbocycles. The van der Waals surface area contributed by atoms with Gasteiger partial charge in [-0.2, -0.15) is 10.8 Å². The molecule has 0 unspecified atom stereocenters. The summed E-state index contributed by atoms with van der Waals surface area (Å²) in [4.78, 5) is 21.0. The molecule has 6 heteroatoms. The van der Waals surface area contributed by atoms with Crippen molar-refractivity contribution in [2.45, 2.75) is 12.6 Å². The lowest BCUT2D eigenvalue weighted by Crippen LogP contribution is -2.39. The predicted octanol–water partition coefficient (Wildman–Crippen LogP) is 1.95. The van der Waals surface area contributed by atoms with E-state index in [-0.39, 0.29) is 0 Å². The van der Waals surface area contributed by atoms with Crippen LogP contribution in [0.1, 0.15) is 15.9 Å². The SMILES string of the molecule is NOO[C@@H](Cc1ccccc1)NC(=O)c1ccc(F)cc1. The highest BCUT2D eigenvalue weighted by Crippen LogP contribution is 2.07. The molecule has 0 bridgehead atoms. The molecule has 0 aliphatic heterocycles. The Kier molecular flexibility index (Phi) is 5.39. The van der Waals surface area contributed by atoms with E-state index in [1.54, 1.807) is 0 Å². The molecule has 0 aliphatic rings. The Morgan fingerprint density at radius 3 is 2.43 bits per heavy atom. The first-order chi connectivity index (χ1) is 10.2. The van der Waals surface area contributed by atoms with Gasteiger partial charge < -0.3 is 5.32 Å². The van der Waals surface area contributed by atoms with Crippen molar-refractivity contribution in [3.63, 3.8) is 0 Å². The molecule has 2 aromatic rings. The third-order valence-corrected chi connectivity index (χ3v) is 2.83. The zero-order valence-electron chi connectivity index (χ0n) is 11.2. The van der Waals surface area contributed by atoms with Crippen LogP contribution in [-0.4, -0.2) is 12.1 Å². The van der Waals surface area contributed by atoms with E-state index in [1.807, 2.05) is 30.3 Å². The maximum Gasteiger partial charge on any atom is 0.253 e. The summed E-state index contributed by atoms with van der Waals surface area (Å²) in [6.07, 6.45) is -0.375. The number of halogens is 1. The molecule has 1 amide bonds. The van der Waals surface area contributed by atoms with E-state index in [0.717, 1.165) is 5.56 Å². The average molecular weight is 290 g/mol. The third-order valence-electron chi connectivity index (χ3n) is 2.83. The van der Waals surface area contributed by atoms with Gasteiger partial charge in [0.1, 0.15) is 5.82 Å². The number of nitrogens with one attached hydrogen (secondary N) is 1. The Balaban J connectivity index is 2.02. The fourth-order valence-corrected chi connectivity index (χ4v) is 1.84. The number of nitrogens with two attached hydrogens (primary N) is 1. The number of rotatable bonds is 6. The summed E-state index contributed by atoms with van der Waals surface area (Å²) in [5, 5.41) is 2.61. The Bertz CT molecular complexity index is 575. The highest BCUT2D eigenvalue weighted by atomic mass is 19.1. The van der Waals surface area contributed by atoms with Crippen LogP contribution in [0.15, 0.2) is 54.6 Å². The van der Waals surface area contributed by atoms with Crippen LogP contribution in [0.4, 0.5) is 4.39 Å². The van der Waals surface area contributed by atoms with Gasteiger partial charge in [-0.1, -0.05) is 30.3 Å². The molecule has 0 fully saturated rings. The van der Waals surface area contributed by atoms with Gasteiger partial charge in [-0.05, 0) is 29.8 Å². The smallest absolute Gasteiger partial charge is 0.253 e. The van der Waals surface area contributed by atoms with E-state index < -0.39 is 18.0 Å². The highest BCUT2D eigenvalue weighted by molar-refractivity contribution is 5.94. The summed E-state index contributed by atoms with van der Waals surface area (Å²) < 4.78 is 12.8. The molecular formula is C15H15FN2O3. The minimum Gasteiger partial charge on any atom is -0.324 e. The van der Waals surface area contributed by atoms with Gasteiger partial charge in [0.2, 0.25) is 0 Å². The molecule has 2 rings (SSSR count). The van der Waals surface area contributed by atoms with E-state index in [4.69, 9.17) is 10.8 Å². The summed E-state index contributed by atoms with van der Waals surface area (Å²) in [6, 6.07) is 14.6. The number of benzene rings is 2. The fraction of sp³-hybridized carbons (Fsp3) is 0.133. The van der Waals surface area contributed by atoms with E-state index in [1.165, 1.54) is 24.3 Å². The number of hydrogen-bond donors (Lipinski definition) is 2.